The van der Waals surface area contributed by atoms with E-state index in [0.29, 0.717) is 23.1 Å². The molecule has 0 aliphatic rings. The third kappa shape index (κ3) is 3.34. The number of nitrogens with two attached hydrogens (primary N) is 1. The quantitative estimate of drug-likeness (QED) is 0.826. The summed E-state index contributed by atoms with van der Waals surface area (Å²) in [6, 6.07) is 10.5. The minimum Gasteiger partial charge on any atom is -0.478 e. The molecule has 2 aromatic carbocycles. The Kier molecular flexibility index (Phi) is 4.17. The monoisotopic (exact) mass is 285 g/mol. The molecule has 0 aliphatic carbocycles. The molecule has 3 N–H and O–H groups in total. The van der Waals surface area contributed by atoms with Crippen molar-refractivity contribution in [2.45, 2.75) is 26.7 Å². The van der Waals surface area contributed by atoms with Crippen LogP contribution in [-0.4, -0.2) is 11.1 Å². The summed E-state index contributed by atoms with van der Waals surface area (Å²) in [5.74, 6) is 0.428. The van der Waals surface area contributed by atoms with E-state index in [0.717, 1.165) is 11.1 Å². The number of carboxylic acids is 1. The number of carboxylic acid groups (broad SMARTS) is 1. The number of hydrogen-bond donors (Lipinski definition) is 2. The van der Waals surface area contributed by atoms with Crippen LogP contribution in [0.4, 0.5) is 5.69 Å². The average molecular weight is 285 g/mol. The molecule has 0 amide bonds. The molecule has 2 aromatic rings. The van der Waals surface area contributed by atoms with Crippen molar-refractivity contribution >= 4 is 11.7 Å². The molecule has 0 fully saturated rings. The van der Waals surface area contributed by atoms with E-state index in [9.17, 15) is 4.79 Å². The molecule has 2 rings (SSSR count). The lowest BCUT2D eigenvalue weighted by molar-refractivity contribution is 0.0696. The maximum absolute atomic E-state index is 11.0. The topological polar surface area (TPSA) is 72.5 Å². The predicted octanol–water partition coefficient (Wildman–Crippen LogP) is 4.19. The van der Waals surface area contributed by atoms with Gasteiger partial charge >= 0.3 is 5.97 Å². The van der Waals surface area contributed by atoms with Gasteiger partial charge in [-0.3, -0.25) is 0 Å². The Labute approximate surface area is 124 Å². The fourth-order valence-electron chi connectivity index (χ4n) is 1.96. The molecule has 0 heterocycles. The third-order valence-corrected chi connectivity index (χ3v) is 3.36. The van der Waals surface area contributed by atoms with E-state index in [1.54, 1.807) is 6.07 Å². The van der Waals surface area contributed by atoms with E-state index in [4.69, 9.17) is 15.6 Å². The van der Waals surface area contributed by atoms with E-state index >= 15 is 0 Å². The van der Waals surface area contributed by atoms with Gasteiger partial charge in [-0.1, -0.05) is 26.0 Å². The van der Waals surface area contributed by atoms with Crippen molar-refractivity contribution in [1.82, 2.24) is 0 Å². The smallest absolute Gasteiger partial charge is 0.335 e. The van der Waals surface area contributed by atoms with E-state index in [1.165, 1.54) is 12.1 Å². The summed E-state index contributed by atoms with van der Waals surface area (Å²) in [7, 11) is 0. The normalized spacial score (nSPS) is 10.7. The Morgan fingerprint density at radius 3 is 2.48 bits per heavy atom. The van der Waals surface area contributed by atoms with Gasteiger partial charge in [0.05, 0.1) is 11.3 Å². The van der Waals surface area contributed by atoms with Crippen LogP contribution in [0.15, 0.2) is 36.4 Å². The van der Waals surface area contributed by atoms with Gasteiger partial charge in [0.25, 0.3) is 0 Å². The molecule has 21 heavy (non-hydrogen) atoms. The second-order valence-electron chi connectivity index (χ2n) is 5.34. The van der Waals surface area contributed by atoms with Crippen molar-refractivity contribution < 1.29 is 14.6 Å². The molecular formula is C17H19NO3. The van der Waals surface area contributed by atoms with Crippen LogP contribution in [0.25, 0.3) is 0 Å². The SMILES string of the molecule is Cc1ccc(C(C)C)cc1Oc1cc(C(=O)O)ccc1N. The summed E-state index contributed by atoms with van der Waals surface area (Å²) < 4.78 is 5.83. The first kappa shape index (κ1) is 14.9. The zero-order chi connectivity index (χ0) is 15.6. The predicted molar refractivity (Wildman–Crippen MR) is 83.2 cm³/mol. The molecule has 0 saturated heterocycles. The number of aryl methyl sites for hydroxylation is 1. The summed E-state index contributed by atoms with van der Waals surface area (Å²) >= 11 is 0. The number of rotatable bonds is 4. The Morgan fingerprint density at radius 2 is 1.86 bits per heavy atom. The van der Waals surface area contributed by atoms with Crippen LogP contribution in [0.5, 0.6) is 11.5 Å². The van der Waals surface area contributed by atoms with E-state index < -0.39 is 5.97 Å². The van der Waals surface area contributed by atoms with Gasteiger partial charge in [-0.25, -0.2) is 4.79 Å². The maximum Gasteiger partial charge on any atom is 0.335 e. The molecular weight excluding hydrogens is 266 g/mol. The van der Waals surface area contributed by atoms with Crippen LogP contribution in [0.3, 0.4) is 0 Å². The average Bonchev–Trinajstić information content (AvgIpc) is 2.43. The van der Waals surface area contributed by atoms with Crippen molar-refractivity contribution in [2.75, 3.05) is 5.73 Å². The zero-order valence-corrected chi connectivity index (χ0v) is 12.4. The van der Waals surface area contributed by atoms with Gasteiger partial charge in [-0.15, -0.1) is 0 Å². The van der Waals surface area contributed by atoms with Crippen molar-refractivity contribution in [3.8, 4) is 11.5 Å². The highest BCUT2D eigenvalue weighted by molar-refractivity contribution is 5.89. The molecule has 110 valence electrons. The van der Waals surface area contributed by atoms with Crippen molar-refractivity contribution in [1.29, 1.82) is 0 Å². The van der Waals surface area contributed by atoms with Gasteiger partial charge in [0.2, 0.25) is 0 Å². The number of aromatic carboxylic acids is 1. The lowest BCUT2D eigenvalue weighted by atomic mass is 10.0. The molecule has 0 aromatic heterocycles. The first-order chi connectivity index (χ1) is 9.88. The third-order valence-electron chi connectivity index (χ3n) is 3.36. The highest BCUT2D eigenvalue weighted by Gasteiger charge is 2.11. The van der Waals surface area contributed by atoms with Gasteiger partial charge in [-0.05, 0) is 48.2 Å². The molecule has 0 radical (unpaired) electrons. The molecule has 0 saturated carbocycles. The number of carbonyl (C=O) groups is 1. The number of anilines is 1. The molecule has 0 spiro atoms. The Hall–Kier alpha value is -2.49. The lowest BCUT2D eigenvalue weighted by Gasteiger charge is -2.14. The van der Waals surface area contributed by atoms with Crippen LogP contribution < -0.4 is 10.5 Å². The summed E-state index contributed by atoms with van der Waals surface area (Å²) in [5, 5.41) is 9.04. The number of ether oxygens (including phenoxy) is 1. The second-order valence-corrected chi connectivity index (χ2v) is 5.34. The van der Waals surface area contributed by atoms with Crippen molar-refractivity contribution in [2.24, 2.45) is 0 Å². The summed E-state index contributed by atoms with van der Waals surface area (Å²) in [6.45, 7) is 6.15. The van der Waals surface area contributed by atoms with Crippen molar-refractivity contribution in [3.05, 3.63) is 53.1 Å². The number of nitrogen functional groups attached to an aromatic ring is 1. The molecule has 0 bridgehead atoms. The van der Waals surface area contributed by atoms with Crippen LogP contribution in [0, 0.1) is 6.92 Å². The maximum atomic E-state index is 11.0. The van der Waals surface area contributed by atoms with Crippen LogP contribution in [-0.2, 0) is 0 Å². The van der Waals surface area contributed by atoms with Crippen molar-refractivity contribution in [3.63, 3.8) is 0 Å². The van der Waals surface area contributed by atoms with Gasteiger partial charge < -0.3 is 15.6 Å². The van der Waals surface area contributed by atoms with Gasteiger partial charge in [0.1, 0.15) is 5.75 Å². The fraction of sp³-hybridized carbons (Fsp3) is 0.235. The van der Waals surface area contributed by atoms with Gasteiger partial charge in [-0.2, -0.15) is 0 Å². The molecule has 0 unspecified atom stereocenters. The first-order valence-electron chi connectivity index (χ1n) is 6.79. The first-order valence-corrected chi connectivity index (χ1v) is 6.79. The lowest BCUT2D eigenvalue weighted by Crippen LogP contribution is -2.00. The summed E-state index contributed by atoms with van der Waals surface area (Å²) in [5.41, 5.74) is 8.56. The van der Waals surface area contributed by atoms with E-state index in [2.05, 4.69) is 19.9 Å². The minimum atomic E-state index is -1.01. The number of benzene rings is 2. The Bertz CT molecular complexity index is 678. The highest BCUT2D eigenvalue weighted by atomic mass is 16.5. The molecule has 4 nitrogen and oxygen atoms in total. The Morgan fingerprint density at radius 1 is 1.14 bits per heavy atom. The standard InChI is InChI=1S/C17H19NO3/c1-10(2)12-5-4-11(3)15(8-12)21-16-9-13(17(19)20)6-7-14(16)18/h4-10H,18H2,1-3H3,(H,19,20). The summed E-state index contributed by atoms with van der Waals surface area (Å²) in [6.07, 6.45) is 0. The van der Waals surface area contributed by atoms with Crippen LogP contribution in [0.1, 0.15) is 41.3 Å². The van der Waals surface area contributed by atoms with Gasteiger partial charge in [0, 0.05) is 0 Å². The minimum absolute atomic E-state index is 0.150. The van der Waals surface area contributed by atoms with Crippen LogP contribution in [0.2, 0.25) is 0 Å². The van der Waals surface area contributed by atoms with E-state index in [-0.39, 0.29) is 5.56 Å². The zero-order valence-electron chi connectivity index (χ0n) is 12.4. The Balaban J connectivity index is 2.40. The molecule has 0 aliphatic heterocycles. The molecule has 4 heteroatoms. The molecule has 0 atom stereocenters. The van der Waals surface area contributed by atoms with E-state index in [1.807, 2.05) is 19.1 Å². The second kappa shape index (κ2) is 5.87. The fourth-order valence-corrected chi connectivity index (χ4v) is 1.96. The number of hydrogen-bond acceptors (Lipinski definition) is 3. The summed E-state index contributed by atoms with van der Waals surface area (Å²) in [4.78, 5) is 11.0. The highest BCUT2D eigenvalue weighted by Crippen LogP contribution is 2.32. The van der Waals surface area contributed by atoms with Crippen LogP contribution >= 0.6 is 0 Å². The largest absolute Gasteiger partial charge is 0.478 e. The van der Waals surface area contributed by atoms with Gasteiger partial charge in [0.15, 0.2) is 5.75 Å².